The minimum absolute atomic E-state index is 0.0331. The van der Waals surface area contributed by atoms with Gasteiger partial charge in [-0.3, -0.25) is 19.9 Å². The summed E-state index contributed by atoms with van der Waals surface area (Å²) in [5.74, 6) is -0.382. The van der Waals surface area contributed by atoms with Gasteiger partial charge in [0.2, 0.25) is 0 Å². The van der Waals surface area contributed by atoms with E-state index < -0.39 is 4.92 Å². The van der Waals surface area contributed by atoms with Gasteiger partial charge in [-0.15, -0.1) is 0 Å². The number of amides is 1. The van der Waals surface area contributed by atoms with Crippen LogP contribution in [0.25, 0.3) is 0 Å². The molecule has 1 aromatic carbocycles. The van der Waals surface area contributed by atoms with Crippen molar-refractivity contribution in [1.82, 2.24) is 4.98 Å². The first kappa shape index (κ1) is 15.0. The van der Waals surface area contributed by atoms with Crippen molar-refractivity contribution in [3.63, 3.8) is 0 Å². The van der Waals surface area contributed by atoms with Crippen LogP contribution in [0.1, 0.15) is 23.2 Å². The molecule has 1 amide bonds. The van der Waals surface area contributed by atoms with Gasteiger partial charge >= 0.3 is 0 Å². The van der Waals surface area contributed by atoms with Crippen molar-refractivity contribution in [2.24, 2.45) is 0 Å². The van der Waals surface area contributed by atoms with E-state index in [2.05, 4.69) is 10.3 Å². The van der Waals surface area contributed by atoms with E-state index in [0.717, 1.165) is 25.9 Å². The lowest BCUT2D eigenvalue weighted by atomic mass is 10.1. The number of nitrogens with zero attached hydrogens (tertiary/aromatic N) is 3. The molecular formula is C16H16N4O3. The van der Waals surface area contributed by atoms with E-state index >= 15 is 0 Å². The summed E-state index contributed by atoms with van der Waals surface area (Å²) in [7, 11) is 0. The second-order valence-electron chi connectivity index (χ2n) is 5.34. The second-order valence-corrected chi connectivity index (χ2v) is 5.34. The molecule has 0 aliphatic carbocycles. The first-order valence-electron chi connectivity index (χ1n) is 7.40. The summed E-state index contributed by atoms with van der Waals surface area (Å²) in [5, 5.41) is 14.0. The lowest BCUT2D eigenvalue weighted by Gasteiger charge is -2.17. The Morgan fingerprint density at radius 1 is 1.17 bits per heavy atom. The summed E-state index contributed by atoms with van der Waals surface area (Å²) in [6, 6.07) is 7.93. The molecule has 3 rings (SSSR count). The highest BCUT2D eigenvalue weighted by Crippen LogP contribution is 2.31. The largest absolute Gasteiger partial charge is 0.366 e. The van der Waals surface area contributed by atoms with E-state index in [9.17, 15) is 14.9 Å². The molecule has 0 radical (unpaired) electrons. The number of nitro benzene ring substituents is 1. The van der Waals surface area contributed by atoms with Crippen LogP contribution in [0, 0.1) is 10.1 Å². The standard InChI is InChI=1S/C16H16N4O3/c21-16(18-13-5-7-17-8-6-13)12-3-4-14(15(11-12)20(22)23)19-9-1-2-10-19/h3-8,11H,1-2,9-10H2,(H,17,18,21). The zero-order chi connectivity index (χ0) is 16.2. The van der Waals surface area contributed by atoms with Crippen molar-refractivity contribution in [3.05, 3.63) is 58.4 Å². The fourth-order valence-electron chi connectivity index (χ4n) is 2.67. The number of pyridine rings is 1. The van der Waals surface area contributed by atoms with Crippen molar-refractivity contribution in [2.45, 2.75) is 12.8 Å². The quantitative estimate of drug-likeness (QED) is 0.692. The van der Waals surface area contributed by atoms with Crippen molar-refractivity contribution in [3.8, 4) is 0 Å². The third kappa shape index (κ3) is 3.28. The molecule has 0 spiro atoms. The number of hydrogen-bond donors (Lipinski definition) is 1. The highest BCUT2D eigenvalue weighted by atomic mass is 16.6. The molecule has 1 aromatic heterocycles. The summed E-state index contributed by atoms with van der Waals surface area (Å²) < 4.78 is 0. The molecule has 23 heavy (non-hydrogen) atoms. The Morgan fingerprint density at radius 2 is 1.87 bits per heavy atom. The molecule has 7 nitrogen and oxygen atoms in total. The lowest BCUT2D eigenvalue weighted by Crippen LogP contribution is -2.19. The third-order valence-electron chi connectivity index (χ3n) is 3.82. The van der Waals surface area contributed by atoms with Crippen LogP contribution in [0.3, 0.4) is 0 Å². The van der Waals surface area contributed by atoms with Gasteiger partial charge in [0.25, 0.3) is 11.6 Å². The van der Waals surface area contributed by atoms with Crippen molar-refractivity contribution in [2.75, 3.05) is 23.3 Å². The van der Waals surface area contributed by atoms with E-state index in [1.54, 1.807) is 36.7 Å². The zero-order valence-electron chi connectivity index (χ0n) is 12.4. The maximum Gasteiger partial charge on any atom is 0.293 e. The van der Waals surface area contributed by atoms with Crippen molar-refractivity contribution in [1.29, 1.82) is 0 Å². The number of nitro groups is 1. The number of hydrogen-bond acceptors (Lipinski definition) is 5. The third-order valence-corrected chi connectivity index (χ3v) is 3.82. The van der Waals surface area contributed by atoms with E-state index in [1.165, 1.54) is 6.07 Å². The van der Waals surface area contributed by atoms with Gasteiger partial charge in [0.05, 0.1) is 4.92 Å². The Bertz CT molecular complexity index is 727. The molecule has 0 atom stereocenters. The molecule has 1 N–H and O–H groups in total. The number of aromatic nitrogens is 1. The highest BCUT2D eigenvalue weighted by molar-refractivity contribution is 6.05. The smallest absolute Gasteiger partial charge is 0.293 e. The normalized spacial score (nSPS) is 13.8. The van der Waals surface area contributed by atoms with E-state index in [0.29, 0.717) is 11.4 Å². The van der Waals surface area contributed by atoms with Crippen LogP contribution < -0.4 is 10.2 Å². The Labute approximate surface area is 133 Å². The van der Waals surface area contributed by atoms with Gasteiger partial charge in [-0.2, -0.15) is 0 Å². The fourth-order valence-corrected chi connectivity index (χ4v) is 2.67. The van der Waals surface area contributed by atoms with Crippen molar-refractivity contribution < 1.29 is 9.72 Å². The monoisotopic (exact) mass is 312 g/mol. The minimum atomic E-state index is -0.434. The first-order valence-corrected chi connectivity index (χ1v) is 7.40. The van der Waals surface area contributed by atoms with E-state index in [4.69, 9.17) is 0 Å². The summed E-state index contributed by atoms with van der Waals surface area (Å²) >= 11 is 0. The summed E-state index contributed by atoms with van der Waals surface area (Å²) in [6.07, 6.45) is 5.19. The van der Waals surface area contributed by atoms with Crippen LogP contribution in [0.2, 0.25) is 0 Å². The minimum Gasteiger partial charge on any atom is -0.366 e. The average molecular weight is 312 g/mol. The van der Waals surface area contributed by atoms with Crippen molar-refractivity contribution >= 4 is 23.0 Å². The summed E-state index contributed by atoms with van der Waals surface area (Å²) in [5.41, 5.74) is 1.40. The van der Waals surface area contributed by atoms with Crippen LogP contribution in [-0.2, 0) is 0 Å². The molecule has 2 heterocycles. The molecule has 2 aromatic rings. The number of benzene rings is 1. The molecule has 1 aliphatic rings. The van der Waals surface area contributed by atoms with Gasteiger partial charge in [-0.25, -0.2) is 0 Å². The maximum atomic E-state index is 12.3. The number of carbonyl (C=O) groups excluding carboxylic acids is 1. The number of carbonyl (C=O) groups is 1. The number of nitrogens with one attached hydrogen (secondary N) is 1. The first-order chi connectivity index (χ1) is 11.1. The molecule has 0 unspecified atom stereocenters. The van der Waals surface area contributed by atoms with E-state index in [1.807, 2.05) is 4.90 Å². The molecule has 0 saturated carbocycles. The van der Waals surface area contributed by atoms with Gasteiger partial charge < -0.3 is 10.2 Å². The van der Waals surface area contributed by atoms with Gasteiger partial charge in [-0.1, -0.05) is 0 Å². The predicted molar refractivity (Wildman–Crippen MR) is 86.7 cm³/mol. The zero-order valence-corrected chi connectivity index (χ0v) is 12.4. The Morgan fingerprint density at radius 3 is 2.52 bits per heavy atom. The summed E-state index contributed by atoms with van der Waals surface area (Å²) in [4.78, 5) is 29.0. The van der Waals surface area contributed by atoms with Crippen LogP contribution in [0.15, 0.2) is 42.7 Å². The van der Waals surface area contributed by atoms with Crippen LogP contribution >= 0.6 is 0 Å². The molecule has 1 fully saturated rings. The average Bonchev–Trinajstić information content (AvgIpc) is 3.09. The molecular weight excluding hydrogens is 296 g/mol. The lowest BCUT2D eigenvalue weighted by molar-refractivity contribution is -0.384. The van der Waals surface area contributed by atoms with E-state index in [-0.39, 0.29) is 17.2 Å². The molecule has 118 valence electrons. The van der Waals surface area contributed by atoms with Gasteiger partial charge in [0.15, 0.2) is 0 Å². The van der Waals surface area contributed by atoms with Gasteiger partial charge in [0.1, 0.15) is 5.69 Å². The van der Waals surface area contributed by atoms with Gasteiger partial charge in [-0.05, 0) is 37.1 Å². The fraction of sp³-hybridized carbons (Fsp3) is 0.250. The maximum absolute atomic E-state index is 12.3. The topological polar surface area (TPSA) is 88.4 Å². The SMILES string of the molecule is O=C(Nc1ccncc1)c1ccc(N2CCCC2)c([N+](=O)[O-])c1. The van der Waals surface area contributed by atoms with Gasteiger partial charge in [0, 0.05) is 42.8 Å². The predicted octanol–water partition coefficient (Wildman–Crippen LogP) is 2.84. The highest BCUT2D eigenvalue weighted by Gasteiger charge is 2.23. The molecule has 0 bridgehead atoms. The molecule has 1 saturated heterocycles. The number of rotatable bonds is 4. The second kappa shape index (κ2) is 6.43. The van der Waals surface area contributed by atoms with Crippen LogP contribution in [0.4, 0.5) is 17.1 Å². The summed E-state index contributed by atoms with van der Waals surface area (Å²) in [6.45, 7) is 1.62. The molecule has 1 aliphatic heterocycles. The Kier molecular flexibility index (Phi) is 4.18. The Hall–Kier alpha value is -2.96. The van der Waals surface area contributed by atoms with Crippen LogP contribution in [0.5, 0.6) is 0 Å². The van der Waals surface area contributed by atoms with Crippen LogP contribution in [-0.4, -0.2) is 28.9 Å². The number of anilines is 2. The Balaban J connectivity index is 1.87. The molecule has 7 heteroatoms.